The first-order chi connectivity index (χ1) is 11.3. The van der Waals surface area contributed by atoms with Crippen LogP contribution in [0.2, 0.25) is 5.02 Å². The molecular weight excluding hydrogens is 346 g/mol. The molecule has 0 heterocycles. The summed E-state index contributed by atoms with van der Waals surface area (Å²) in [5.74, 6) is 0.247. The van der Waals surface area contributed by atoms with E-state index >= 15 is 0 Å². The highest BCUT2D eigenvalue weighted by Gasteiger charge is 2.28. The van der Waals surface area contributed by atoms with Crippen LogP contribution in [0.3, 0.4) is 0 Å². The standard InChI is InChI=1S/C18H22ClNO3S/c1-13-5-7-15(8-6-13)11-14(2)20(3)24(21,22)18-10-9-16(19)12-17(18)23-4/h5-10,12,14H,11H2,1-4H3. The molecule has 2 aromatic carbocycles. The Morgan fingerprint density at radius 1 is 1.17 bits per heavy atom. The average molecular weight is 368 g/mol. The molecule has 0 spiro atoms. The molecule has 130 valence electrons. The summed E-state index contributed by atoms with van der Waals surface area (Å²) in [4.78, 5) is 0.118. The summed E-state index contributed by atoms with van der Waals surface area (Å²) in [6.07, 6.45) is 0.631. The van der Waals surface area contributed by atoms with Gasteiger partial charge in [-0.2, -0.15) is 4.31 Å². The van der Waals surface area contributed by atoms with Crippen molar-refractivity contribution in [3.8, 4) is 5.75 Å². The molecule has 1 unspecified atom stereocenters. The molecule has 0 saturated heterocycles. The van der Waals surface area contributed by atoms with Crippen LogP contribution in [0.5, 0.6) is 5.75 Å². The molecule has 0 aliphatic carbocycles. The van der Waals surface area contributed by atoms with Gasteiger partial charge in [-0.25, -0.2) is 8.42 Å². The lowest BCUT2D eigenvalue weighted by Crippen LogP contribution is -2.36. The lowest BCUT2D eigenvalue weighted by atomic mass is 10.1. The van der Waals surface area contributed by atoms with Crippen molar-refractivity contribution in [1.82, 2.24) is 4.31 Å². The lowest BCUT2D eigenvalue weighted by Gasteiger charge is -2.25. The summed E-state index contributed by atoms with van der Waals surface area (Å²) in [6.45, 7) is 3.91. The number of likely N-dealkylation sites (N-methyl/N-ethyl adjacent to an activating group) is 1. The SMILES string of the molecule is COc1cc(Cl)ccc1S(=O)(=O)N(C)C(C)Cc1ccc(C)cc1. The van der Waals surface area contributed by atoms with Crippen LogP contribution >= 0.6 is 11.6 Å². The van der Waals surface area contributed by atoms with E-state index in [4.69, 9.17) is 16.3 Å². The van der Waals surface area contributed by atoms with E-state index in [-0.39, 0.29) is 16.7 Å². The fourth-order valence-corrected chi connectivity index (χ4v) is 4.10. The number of hydrogen-bond donors (Lipinski definition) is 0. The number of hydrogen-bond acceptors (Lipinski definition) is 3. The maximum Gasteiger partial charge on any atom is 0.246 e. The van der Waals surface area contributed by atoms with Crippen LogP contribution in [0, 0.1) is 6.92 Å². The highest BCUT2D eigenvalue weighted by molar-refractivity contribution is 7.89. The van der Waals surface area contributed by atoms with Crippen LogP contribution in [0.4, 0.5) is 0 Å². The predicted molar refractivity (Wildman–Crippen MR) is 97.3 cm³/mol. The Bertz CT molecular complexity index is 804. The van der Waals surface area contributed by atoms with E-state index in [0.29, 0.717) is 11.4 Å². The molecule has 0 aliphatic rings. The van der Waals surface area contributed by atoms with Crippen molar-refractivity contribution in [2.24, 2.45) is 0 Å². The van der Waals surface area contributed by atoms with Crippen molar-refractivity contribution in [1.29, 1.82) is 0 Å². The highest BCUT2D eigenvalue weighted by atomic mass is 35.5. The minimum atomic E-state index is -3.68. The van der Waals surface area contributed by atoms with Gasteiger partial charge in [-0.05, 0) is 38.0 Å². The molecule has 0 aromatic heterocycles. The number of methoxy groups -OCH3 is 1. The maximum atomic E-state index is 12.9. The number of ether oxygens (including phenoxy) is 1. The number of sulfonamides is 1. The fraction of sp³-hybridized carbons (Fsp3) is 0.333. The monoisotopic (exact) mass is 367 g/mol. The second-order valence-corrected chi connectivity index (χ2v) is 8.26. The Labute approximate surface area is 149 Å². The van der Waals surface area contributed by atoms with Crippen molar-refractivity contribution >= 4 is 21.6 Å². The second kappa shape index (κ2) is 7.55. The molecule has 24 heavy (non-hydrogen) atoms. The Morgan fingerprint density at radius 2 is 1.79 bits per heavy atom. The van der Waals surface area contributed by atoms with Gasteiger partial charge >= 0.3 is 0 Å². The van der Waals surface area contributed by atoms with Gasteiger partial charge in [0.25, 0.3) is 0 Å². The van der Waals surface area contributed by atoms with Gasteiger partial charge in [0.15, 0.2) is 0 Å². The van der Waals surface area contributed by atoms with Crippen LogP contribution in [0.15, 0.2) is 47.4 Å². The van der Waals surface area contributed by atoms with Crippen molar-refractivity contribution in [2.45, 2.75) is 31.2 Å². The van der Waals surface area contributed by atoms with Gasteiger partial charge in [0.2, 0.25) is 10.0 Å². The van der Waals surface area contributed by atoms with Gasteiger partial charge < -0.3 is 4.74 Å². The van der Waals surface area contributed by atoms with Gasteiger partial charge in [0.05, 0.1) is 7.11 Å². The predicted octanol–water partition coefficient (Wildman–Crippen LogP) is 3.91. The summed E-state index contributed by atoms with van der Waals surface area (Å²) < 4.78 is 32.4. The van der Waals surface area contributed by atoms with E-state index in [9.17, 15) is 8.42 Å². The van der Waals surface area contributed by atoms with Gasteiger partial charge in [0.1, 0.15) is 10.6 Å². The van der Waals surface area contributed by atoms with Crippen LogP contribution in [-0.2, 0) is 16.4 Å². The molecule has 0 saturated carbocycles. The largest absolute Gasteiger partial charge is 0.495 e. The molecule has 4 nitrogen and oxygen atoms in total. The number of nitrogens with zero attached hydrogens (tertiary/aromatic N) is 1. The number of rotatable bonds is 6. The van der Waals surface area contributed by atoms with Gasteiger partial charge in [-0.3, -0.25) is 0 Å². The highest BCUT2D eigenvalue weighted by Crippen LogP contribution is 2.30. The van der Waals surface area contributed by atoms with Crippen LogP contribution in [0.1, 0.15) is 18.1 Å². The minimum Gasteiger partial charge on any atom is -0.495 e. The average Bonchev–Trinajstić information content (AvgIpc) is 2.55. The molecule has 0 bridgehead atoms. The van der Waals surface area contributed by atoms with Crippen LogP contribution in [-0.4, -0.2) is 32.9 Å². The fourth-order valence-electron chi connectivity index (χ4n) is 2.44. The first-order valence-electron chi connectivity index (χ1n) is 7.63. The zero-order chi connectivity index (χ0) is 17.9. The molecular formula is C18H22ClNO3S. The number of benzene rings is 2. The van der Waals surface area contributed by atoms with Gasteiger partial charge in [-0.15, -0.1) is 0 Å². The first kappa shape index (κ1) is 18.8. The third-order valence-electron chi connectivity index (χ3n) is 4.06. The topological polar surface area (TPSA) is 46.6 Å². The summed E-state index contributed by atoms with van der Waals surface area (Å²) in [5.41, 5.74) is 2.27. The van der Waals surface area contributed by atoms with E-state index in [1.54, 1.807) is 13.1 Å². The maximum absolute atomic E-state index is 12.9. The molecule has 0 radical (unpaired) electrons. The van der Waals surface area contributed by atoms with Crippen LogP contribution < -0.4 is 4.74 Å². The summed E-state index contributed by atoms with van der Waals surface area (Å²) >= 11 is 5.92. The second-order valence-electron chi connectivity index (χ2n) is 5.86. The zero-order valence-electron chi connectivity index (χ0n) is 14.3. The van der Waals surface area contributed by atoms with E-state index in [0.717, 1.165) is 5.56 Å². The third kappa shape index (κ3) is 4.09. The zero-order valence-corrected chi connectivity index (χ0v) is 15.9. The molecule has 2 rings (SSSR count). The van der Waals surface area contributed by atoms with E-state index in [2.05, 4.69) is 0 Å². The Kier molecular flexibility index (Phi) is 5.91. The molecule has 0 N–H and O–H groups in total. The Balaban J connectivity index is 2.26. The summed E-state index contributed by atoms with van der Waals surface area (Å²) in [6, 6.07) is 12.4. The molecule has 0 amide bonds. The minimum absolute atomic E-state index is 0.118. The van der Waals surface area contributed by atoms with E-state index in [1.165, 1.54) is 29.1 Å². The summed E-state index contributed by atoms with van der Waals surface area (Å²) in [7, 11) is -0.660. The molecule has 0 aliphatic heterocycles. The van der Waals surface area contributed by atoms with Crippen molar-refractivity contribution in [3.05, 3.63) is 58.6 Å². The van der Waals surface area contributed by atoms with E-state index in [1.807, 2.05) is 38.1 Å². The smallest absolute Gasteiger partial charge is 0.246 e. The Hall–Kier alpha value is -1.56. The number of halogens is 1. The Morgan fingerprint density at radius 3 is 2.38 bits per heavy atom. The van der Waals surface area contributed by atoms with Crippen molar-refractivity contribution in [2.75, 3.05) is 14.2 Å². The molecule has 2 aromatic rings. The molecule has 1 atom stereocenters. The lowest BCUT2D eigenvalue weighted by molar-refractivity contribution is 0.375. The van der Waals surface area contributed by atoms with Crippen molar-refractivity contribution < 1.29 is 13.2 Å². The molecule has 6 heteroatoms. The van der Waals surface area contributed by atoms with E-state index < -0.39 is 10.0 Å². The van der Waals surface area contributed by atoms with Gasteiger partial charge in [-0.1, -0.05) is 41.4 Å². The van der Waals surface area contributed by atoms with Gasteiger partial charge in [0, 0.05) is 24.2 Å². The summed E-state index contributed by atoms with van der Waals surface area (Å²) in [5, 5.41) is 0.432. The quantitative estimate of drug-likeness (QED) is 0.777. The molecule has 0 fully saturated rings. The number of aryl methyl sites for hydroxylation is 1. The van der Waals surface area contributed by atoms with Crippen molar-refractivity contribution in [3.63, 3.8) is 0 Å². The van der Waals surface area contributed by atoms with Crippen LogP contribution in [0.25, 0.3) is 0 Å². The normalized spacial score (nSPS) is 13.1. The third-order valence-corrected chi connectivity index (χ3v) is 6.30. The first-order valence-corrected chi connectivity index (χ1v) is 9.44.